The van der Waals surface area contributed by atoms with Gasteiger partial charge in [-0.25, -0.2) is 4.79 Å². The van der Waals surface area contributed by atoms with Crippen molar-refractivity contribution in [1.29, 1.82) is 0 Å². The summed E-state index contributed by atoms with van der Waals surface area (Å²) < 4.78 is 0. The number of aromatic carboxylic acids is 1. The molecule has 0 amide bonds. The molecule has 3 nitrogen and oxygen atoms in total. The zero-order valence-electron chi connectivity index (χ0n) is 10.4. The van der Waals surface area contributed by atoms with Crippen LogP contribution in [0.4, 0.5) is 5.69 Å². The topological polar surface area (TPSA) is 40.5 Å². The molecule has 1 aromatic carbocycles. The lowest BCUT2D eigenvalue weighted by atomic mass is 10.1. The Morgan fingerprint density at radius 3 is 2.53 bits per heavy atom. The fraction of sp³-hybridized carbons (Fsp3) is 0.462. The number of carbonyl (C=O) groups is 1. The van der Waals surface area contributed by atoms with E-state index < -0.39 is 5.97 Å². The number of hydrogen-bond donors (Lipinski definition) is 1. The van der Waals surface area contributed by atoms with Gasteiger partial charge in [0.1, 0.15) is 0 Å². The number of rotatable bonds is 5. The Morgan fingerprint density at radius 1 is 1.47 bits per heavy atom. The van der Waals surface area contributed by atoms with Crippen LogP contribution in [-0.2, 0) is 0 Å². The van der Waals surface area contributed by atoms with E-state index in [1.807, 2.05) is 0 Å². The van der Waals surface area contributed by atoms with Gasteiger partial charge in [-0.1, -0.05) is 25.4 Å². The van der Waals surface area contributed by atoms with E-state index in [9.17, 15) is 4.79 Å². The summed E-state index contributed by atoms with van der Waals surface area (Å²) in [5.74, 6) is -0.421. The number of carboxylic acid groups (broad SMARTS) is 1. The minimum Gasteiger partial charge on any atom is -0.478 e. The summed E-state index contributed by atoms with van der Waals surface area (Å²) in [4.78, 5) is 13.0. The second-order valence-corrected chi connectivity index (χ2v) is 4.81. The van der Waals surface area contributed by atoms with E-state index in [1.165, 1.54) is 6.07 Å². The molecule has 0 aliphatic carbocycles. The highest BCUT2D eigenvalue weighted by Crippen LogP contribution is 2.27. The minimum atomic E-state index is -0.953. The molecule has 0 aliphatic heterocycles. The molecule has 1 N–H and O–H groups in total. The fourth-order valence-electron chi connectivity index (χ4n) is 1.73. The smallest absolute Gasteiger partial charge is 0.335 e. The summed E-state index contributed by atoms with van der Waals surface area (Å²) in [6, 6.07) is 4.87. The number of hydrogen-bond acceptors (Lipinski definition) is 2. The average Bonchev–Trinajstić information content (AvgIpc) is 2.25. The standard InChI is InChI=1S/C13H18ClNO2/c1-4-15(8-9(2)3)12-6-5-10(13(16)17)7-11(12)14/h5-7,9H,4,8H2,1-3H3,(H,16,17). The third kappa shape index (κ3) is 3.63. The predicted octanol–water partition coefficient (Wildman–Crippen LogP) is 3.52. The normalized spacial score (nSPS) is 10.6. The zero-order chi connectivity index (χ0) is 13.0. The van der Waals surface area contributed by atoms with Crippen LogP contribution in [0.2, 0.25) is 5.02 Å². The maximum absolute atomic E-state index is 10.8. The van der Waals surface area contributed by atoms with Crippen molar-refractivity contribution in [2.24, 2.45) is 5.92 Å². The van der Waals surface area contributed by atoms with Crippen LogP contribution in [0.25, 0.3) is 0 Å². The third-order valence-electron chi connectivity index (χ3n) is 2.50. The van der Waals surface area contributed by atoms with Crippen molar-refractivity contribution in [2.75, 3.05) is 18.0 Å². The van der Waals surface area contributed by atoms with Crippen molar-refractivity contribution in [1.82, 2.24) is 0 Å². The third-order valence-corrected chi connectivity index (χ3v) is 2.81. The maximum atomic E-state index is 10.8. The first-order valence-electron chi connectivity index (χ1n) is 5.73. The van der Waals surface area contributed by atoms with Gasteiger partial charge >= 0.3 is 5.97 Å². The molecule has 0 aliphatic rings. The monoisotopic (exact) mass is 255 g/mol. The van der Waals surface area contributed by atoms with Gasteiger partial charge in [-0.3, -0.25) is 0 Å². The van der Waals surface area contributed by atoms with Crippen LogP contribution in [0, 0.1) is 5.92 Å². The molecule has 0 bridgehead atoms. The average molecular weight is 256 g/mol. The quantitative estimate of drug-likeness (QED) is 0.875. The van der Waals surface area contributed by atoms with Gasteiger partial charge in [-0.15, -0.1) is 0 Å². The first kappa shape index (κ1) is 13.8. The molecule has 0 spiro atoms. The van der Waals surface area contributed by atoms with Gasteiger partial charge in [0, 0.05) is 13.1 Å². The molecule has 17 heavy (non-hydrogen) atoms. The van der Waals surface area contributed by atoms with Crippen LogP contribution in [0.15, 0.2) is 18.2 Å². The van der Waals surface area contributed by atoms with Crippen LogP contribution in [0.5, 0.6) is 0 Å². The molecular weight excluding hydrogens is 238 g/mol. The van der Waals surface area contributed by atoms with Crippen molar-refractivity contribution in [3.8, 4) is 0 Å². The highest BCUT2D eigenvalue weighted by atomic mass is 35.5. The number of benzene rings is 1. The van der Waals surface area contributed by atoms with Gasteiger partial charge in [-0.05, 0) is 31.0 Å². The van der Waals surface area contributed by atoms with Crippen molar-refractivity contribution in [3.63, 3.8) is 0 Å². The Balaban J connectivity index is 3.00. The molecular formula is C13H18ClNO2. The van der Waals surface area contributed by atoms with Crippen LogP contribution in [0.3, 0.4) is 0 Å². The number of anilines is 1. The number of halogens is 1. The van der Waals surface area contributed by atoms with Gasteiger partial charge < -0.3 is 10.0 Å². The molecule has 0 fully saturated rings. The second kappa shape index (κ2) is 5.92. The van der Waals surface area contributed by atoms with E-state index in [2.05, 4.69) is 25.7 Å². The van der Waals surface area contributed by atoms with E-state index >= 15 is 0 Å². The highest BCUT2D eigenvalue weighted by molar-refractivity contribution is 6.33. The fourth-order valence-corrected chi connectivity index (χ4v) is 2.04. The van der Waals surface area contributed by atoms with Crippen molar-refractivity contribution < 1.29 is 9.90 Å². The molecule has 1 rings (SSSR count). The van der Waals surface area contributed by atoms with E-state index in [0.717, 1.165) is 18.8 Å². The molecule has 0 aromatic heterocycles. The first-order valence-corrected chi connectivity index (χ1v) is 6.11. The van der Waals surface area contributed by atoms with Crippen LogP contribution < -0.4 is 4.90 Å². The Labute approximate surface area is 107 Å². The van der Waals surface area contributed by atoms with Gasteiger partial charge in [0.25, 0.3) is 0 Å². The van der Waals surface area contributed by atoms with Gasteiger partial charge in [0.15, 0.2) is 0 Å². The van der Waals surface area contributed by atoms with E-state index in [4.69, 9.17) is 16.7 Å². The van der Waals surface area contributed by atoms with Crippen LogP contribution >= 0.6 is 11.6 Å². The van der Waals surface area contributed by atoms with Crippen molar-refractivity contribution in [3.05, 3.63) is 28.8 Å². The summed E-state index contributed by atoms with van der Waals surface area (Å²) in [7, 11) is 0. The number of carboxylic acids is 1. The molecule has 0 atom stereocenters. The lowest BCUT2D eigenvalue weighted by molar-refractivity contribution is 0.0697. The highest BCUT2D eigenvalue weighted by Gasteiger charge is 2.12. The summed E-state index contributed by atoms with van der Waals surface area (Å²) in [5.41, 5.74) is 1.12. The summed E-state index contributed by atoms with van der Waals surface area (Å²) in [5, 5.41) is 9.36. The zero-order valence-corrected chi connectivity index (χ0v) is 11.2. The van der Waals surface area contributed by atoms with E-state index in [0.29, 0.717) is 10.9 Å². The molecule has 4 heteroatoms. The lowest BCUT2D eigenvalue weighted by Gasteiger charge is -2.26. The van der Waals surface area contributed by atoms with Crippen molar-refractivity contribution in [2.45, 2.75) is 20.8 Å². The number of nitrogens with zero attached hydrogens (tertiary/aromatic N) is 1. The van der Waals surface area contributed by atoms with Gasteiger partial charge in [-0.2, -0.15) is 0 Å². The van der Waals surface area contributed by atoms with E-state index in [-0.39, 0.29) is 5.56 Å². The van der Waals surface area contributed by atoms with E-state index in [1.54, 1.807) is 12.1 Å². The minimum absolute atomic E-state index is 0.222. The summed E-state index contributed by atoms with van der Waals surface area (Å²) >= 11 is 6.13. The van der Waals surface area contributed by atoms with Crippen LogP contribution in [0.1, 0.15) is 31.1 Å². The molecule has 0 heterocycles. The maximum Gasteiger partial charge on any atom is 0.335 e. The summed E-state index contributed by atoms with van der Waals surface area (Å²) in [6.07, 6.45) is 0. The van der Waals surface area contributed by atoms with Gasteiger partial charge in [0.2, 0.25) is 0 Å². The predicted molar refractivity (Wildman–Crippen MR) is 71.1 cm³/mol. The molecule has 1 aromatic rings. The molecule has 94 valence electrons. The Bertz CT molecular complexity index is 404. The molecule has 0 unspecified atom stereocenters. The Morgan fingerprint density at radius 2 is 2.12 bits per heavy atom. The molecule has 0 saturated carbocycles. The van der Waals surface area contributed by atoms with Crippen LogP contribution in [-0.4, -0.2) is 24.2 Å². The van der Waals surface area contributed by atoms with Crippen molar-refractivity contribution >= 4 is 23.3 Å². The Kier molecular flexibility index (Phi) is 4.82. The molecule has 0 saturated heterocycles. The lowest BCUT2D eigenvalue weighted by Crippen LogP contribution is -2.27. The van der Waals surface area contributed by atoms with Gasteiger partial charge in [0.05, 0.1) is 16.3 Å². The first-order chi connectivity index (χ1) is 7.95. The SMILES string of the molecule is CCN(CC(C)C)c1ccc(C(=O)O)cc1Cl. The summed E-state index contributed by atoms with van der Waals surface area (Å²) in [6.45, 7) is 8.10. The Hall–Kier alpha value is -1.22. The second-order valence-electron chi connectivity index (χ2n) is 4.40. The largest absolute Gasteiger partial charge is 0.478 e. The molecule has 0 radical (unpaired) electrons.